The largest absolute Gasteiger partial charge is 0.456 e. The van der Waals surface area contributed by atoms with Crippen LogP contribution in [0.3, 0.4) is 0 Å². The van der Waals surface area contributed by atoms with E-state index in [2.05, 4.69) is 153 Å². The van der Waals surface area contributed by atoms with E-state index in [1.165, 1.54) is 0 Å². The highest BCUT2D eigenvalue weighted by molar-refractivity contribution is 6.25. The third-order valence-corrected chi connectivity index (χ3v) is 10.2. The SMILES string of the molecule is c1ccc(C2NC(n3c4ccccc4c4ccc5c6cccnc6n(-c6ccccc6)c5c43)=NC(c3ccc4oc5ccccc5c4c3)N2)cc1. The summed E-state index contributed by atoms with van der Waals surface area (Å²) in [4.78, 5) is 10.4. The minimum absolute atomic E-state index is 0.211. The maximum absolute atomic E-state index is 6.19. The second-order valence-electron chi connectivity index (χ2n) is 13.1. The zero-order valence-electron chi connectivity index (χ0n) is 27.4. The number of fused-ring (bicyclic) bond motifs is 10. The van der Waals surface area contributed by atoms with Gasteiger partial charge in [-0.1, -0.05) is 103 Å². The van der Waals surface area contributed by atoms with Gasteiger partial charge in [-0.3, -0.25) is 14.5 Å². The fourth-order valence-electron chi connectivity index (χ4n) is 7.98. The molecule has 10 aromatic rings. The van der Waals surface area contributed by atoms with E-state index >= 15 is 0 Å². The smallest absolute Gasteiger partial charge is 0.206 e. The molecule has 0 saturated carbocycles. The van der Waals surface area contributed by atoms with Crippen molar-refractivity contribution < 1.29 is 4.42 Å². The number of para-hydroxylation sites is 3. The Morgan fingerprint density at radius 1 is 0.529 bits per heavy atom. The summed E-state index contributed by atoms with van der Waals surface area (Å²) >= 11 is 0. The second kappa shape index (κ2) is 10.9. The topological polar surface area (TPSA) is 72.3 Å². The molecular formula is C44H30N6O. The molecule has 7 nitrogen and oxygen atoms in total. The van der Waals surface area contributed by atoms with Gasteiger partial charge in [0.1, 0.15) is 29.1 Å². The molecular weight excluding hydrogens is 629 g/mol. The molecule has 11 rings (SSSR count). The average Bonchev–Trinajstić information content (AvgIpc) is 3.86. The van der Waals surface area contributed by atoms with Crippen LogP contribution in [0.5, 0.6) is 0 Å². The summed E-state index contributed by atoms with van der Waals surface area (Å²) in [6, 6.07) is 53.0. The molecule has 5 heterocycles. The number of furan rings is 1. The number of nitrogens with zero attached hydrogens (tertiary/aromatic N) is 4. The monoisotopic (exact) mass is 658 g/mol. The van der Waals surface area contributed by atoms with Crippen LogP contribution in [0.2, 0.25) is 0 Å². The van der Waals surface area contributed by atoms with Crippen LogP contribution in [0.1, 0.15) is 23.5 Å². The van der Waals surface area contributed by atoms with Crippen LogP contribution in [0.4, 0.5) is 0 Å². The first kappa shape index (κ1) is 28.2. The van der Waals surface area contributed by atoms with E-state index in [4.69, 9.17) is 14.4 Å². The molecule has 4 aromatic heterocycles. The van der Waals surface area contributed by atoms with E-state index in [0.717, 1.165) is 88.5 Å². The van der Waals surface area contributed by atoms with Crippen LogP contribution in [-0.4, -0.2) is 20.1 Å². The Morgan fingerprint density at radius 3 is 2.08 bits per heavy atom. The van der Waals surface area contributed by atoms with Gasteiger partial charge in [-0.05, 0) is 59.7 Å². The van der Waals surface area contributed by atoms with Crippen molar-refractivity contribution in [1.82, 2.24) is 24.8 Å². The molecule has 1 aliphatic rings. The summed E-state index contributed by atoms with van der Waals surface area (Å²) in [6.07, 6.45) is 1.32. The quantitative estimate of drug-likeness (QED) is 0.198. The molecule has 2 unspecified atom stereocenters. The highest BCUT2D eigenvalue weighted by Gasteiger charge is 2.29. The minimum atomic E-state index is -0.346. The molecule has 0 amide bonds. The first-order valence-electron chi connectivity index (χ1n) is 17.2. The summed E-state index contributed by atoms with van der Waals surface area (Å²) in [5.41, 5.74) is 9.15. The molecule has 51 heavy (non-hydrogen) atoms. The molecule has 1 aliphatic heterocycles. The van der Waals surface area contributed by atoms with Crippen molar-refractivity contribution >= 4 is 71.6 Å². The van der Waals surface area contributed by atoms with Gasteiger partial charge in [0.25, 0.3) is 0 Å². The Balaban J connectivity index is 1.22. The Labute approximate surface area is 292 Å². The van der Waals surface area contributed by atoms with Crippen molar-refractivity contribution in [3.63, 3.8) is 0 Å². The molecule has 0 bridgehead atoms. The van der Waals surface area contributed by atoms with E-state index < -0.39 is 0 Å². The zero-order chi connectivity index (χ0) is 33.5. The van der Waals surface area contributed by atoms with Gasteiger partial charge >= 0.3 is 0 Å². The van der Waals surface area contributed by atoms with E-state index in [1.807, 2.05) is 24.4 Å². The maximum atomic E-state index is 6.19. The summed E-state index contributed by atoms with van der Waals surface area (Å²) in [6.45, 7) is 0. The predicted molar refractivity (Wildman–Crippen MR) is 206 cm³/mol. The van der Waals surface area contributed by atoms with Crippen LogP contribution in [-0.2, 0) is 0 Å². The third-order valence-electron chi connectivity index (χ3n) is 10.2. The van der Waals surface area contributed by atoms with Crippen molar-refractivity contribution in [2.24, 2.45) is 4.99 Å². The van der Waals surface area contributed by atoms with Gasteiger partial charge in [0.2, 0.25) is 5.96 Å². The molecule has 0 aliphatic carbocycles. The van der Waals surface area contributed by atoms with E-state index in [9.17, 15) is 0 Å². The number of aliphatic imine (C=N–C) groups is 1. The van der Waals surface area contributed by atoms with Crippen LogP contribution in [0.15, 0.2) is 167 Å². The van der Waals surface area contributed by atoms with Crippen molar-refractivity contribution in [1.29, 1.82) is 0 Å². The average molecular weight is 659 g/mol. The van der Waals surface area contributed by atoms with Gasteiger partial charge in [0, 0.05) is 44.2 Å². The van der Waals surface area contributed by atoms with Gasteiger partial charge < -0.3 is 9.73 Å². The fraction of sp³-hybridized carbons (Fsp3) is 0.0455. The second-order valence-corrected chi connectivity index (χ2v) is 13.1. The number of hydrogen-bond acceptors (Lipinski definition) is 5. The summed E-state index contributed by atoms with van der Waals surface area (Å²) < 4.78 is 10.8. The Morgan fingerprint density at radius 2 is 1.22 bits per heavy atom. The lowest BCUT2D eigenvalue weighted by molar-refractivity contribution is 0.403. The van der Waals surface area contributed by atoms with E-state index in [-0.39, 0.29) is 12.3 Å². The van der Waals surface area contributed by atoms with E-state index in [1.54, 1.807) is 0 Å². The van der Waals surface area contributed by atoms with Crippen molar-refractivity contribution in [2.45, 2.75) is 12.3 Å². The number of pyridine rings is 1. The maximum Gasteiger partial charge on any atom is 0.206 e. The molecule has 7 heteroatoms. The summed E-state index contributed by atoms with van der Waals surface area (Å²) in [5.74, 6) is 0.765. The van der Waals surface area contributed by atoms with Crippen LogP contribution in [0.25, 0.3) is 71.4 Å². The lowest BCUT2D eigenvalue weighted by Crippen LogP contribution is -2.47. The highest BCUT2D eigenvalue weighted by Crippen LogP contribution is 2.40. The van der Waals surface area contributed by atoms with Crippen molar-refractivity contribution in [2.75, 3.05) is 0 Å². The molecule has 2 N–H and O–H groups in total. The number of rotatable bonds is 3. The van der Waals surface area contributed by atoms with Gasteiger partial charge in [0.05, 0.1) is 16.6 Å². The Bertz CT molecular complexity index is 2990. The predicted octanol–water partition coefficient (Wildman–Crippen LogP) is 9.98. The van der Waals surface area contributed by atoms with Gasteiger partial charge in [-0.15, -0.1) is 0 Å². The van der Waals surface area contributed by atoms with Gasteiger partial charge in [0.15, 0.2) is 0 Å². The first-order chi connectivity index (χ1) is 25.3. The van der Waals surface area contributed by atoms with Crippen molar-refractivity contribution in [3.8, 4) is 5.69 Å². The molecule has 0 spiro atoms. The molecule has 0 saturated heterocycles. The molecule has 2 atom stereocenters. The zero-order valence-corrected chi connectivity index (χ0v) is 27.4. The van der Waals surface area contributed by atoms with Crippen LogP contribution >= 0.6 is 0 Å². The first-order valence-corrected chi connectivity index (χ1v) is 17.2. The minimum Gasteiger partial charge on any atom is -0.456 e. The number of nitrogens with one attached hydrogen (secondary N) is 2. The molecule has 0 fully saturated rings. The standard InChI is InChI=1S/C44H30N6O/c1-3-12-27(13-4-1)41-46-42(28-21-24-38-35(26-28)31-17-8-10-20-37(31)51-38)48-44(47-41)50-36-19-9-7-16-30(36)32-22-23-33-34-18-11-25-45-43(34)49(39(33)40(32)50)29-14-5-2-6-15-29/h1-26,41-42,46H,(H,47,48). The Kier molecular flexibility index (Phi) is 6.02. The Hall–Kier alpha value is -6.70. The molecule has 6 aromatic carbocycles. The van der Waals surface area contributed by atoms with Gasteiger partial charge in [-0.25, -0.2) is 9.98 Å². The van der Waals surface area contributed by atoms with Crippen LogP contribution < -0.4 is 10.6 Å². The van der Waals surface area contributed by atoms with Crippen LogP contribution in [0, 0.1) is 0 Å². The number of hydrogen-bond donors (Lipinski definition) is 2. The number of aromatic nitrogens is 3. The van der Waals surface area contributed by atoms with Crippen molar-refractivity contribution in [3.05, 3.63) is 169 Å². The molecule has 0 radical (unpaired) electrons. The van der Waals surface area contributed by atoms with Gasteiger partial charge in [-0.2, -0.15) is 0 Å². The highest BCUT2D eigenvalue weighted by atomic mass is 16.3. The molecule has 242 valence electrons. The number of benzene rings is 6. The fourth-order valence-corrected chi connectivity index (χ4v) is 7.98. The lowest BCUT2D eigenvalue weighted by Gasteiger charge is -2.32. The van der Waals surface area contributed by atoms with E-state index in [0.29, 0.717) is 0 Å². The summed E-state index contributed by atoms with van der Waals surface area (Å²) in [5, 5.41) is 14.4. The third kappa shape index (κ3) is 4.22. The lowest BCUT2D eigenvalue weighted by atomic mass is 10.1. The normalized spacial score (nSPS) is 16.4. The summed E-state index contributed by atoms with van der Waals surface area (Å²) in [7, 11) is 0.